The number of nitrogens with zero attached hydrogens (tertiary/aromatic N) is 4. The van der Waals surface area contributed by atoms with Crippen molar-refractivity contribution >= 4 is 29.3 Å². The molecule has 28 heavy (non-hydrogen) atoms. The zero-order valence-electron chi connectivity index (χ0n) is 16.4. The molecule has 1 aromatic heterocycles. The van der Waals surface area contributed by atoms with Crippen LogP contribution in [0.15, 0.2) is 30.3 Å². The first-order valence-corrected chi connectivity index (χ1v) is 9.68. The van der Waals surface area contributed by atoms with Gasteiger partial charge in [0.1, 0.15) is 23.1 Å². The number of likely N-dealkylation sites (N-methyl/N-ethyl adjacent to an activating group) is 1. The van der Waals surface area contributed by atoms with Gasteiger partial charge in [-0.05, 0) is 18.4 Å². The molecule has 150 valence electrons. The molecule has 8 heteroatoms. The molecular formula is C20H25ClN4O3. The van der Waals surface area contributed by atoms with E-state index in [0.29, 0.717) is 23.9 Å². The van der Waals surface area contributed by atoms with Gasteiger partial charge in [-0.25, -0.2) is 4.79 Å². The lowest BCUT2D eigenvalue weighted by Gasteiger charge is -2.38. The molecule has 0 bridgehead atoms. The topological polar surface area (TPSA) is 67.7 Å². The molecule has 0 unspecified atom stereocenters. The summed E-state index contributed by atoms with van der Waals surface area (Å²) in [4.78, 5) is 27.9. The lowest BCUT2D eigenvalue weighted by atomic mass is 10.0. The van der Waals surface area contributed by atoms with Crippen molar-refractivity contribution in [3.8, 4) is 0 Å². The van der Waals surface area contributed by atoms with E-state index in [2.05, 4.69) is 5.10 Å². The summed E-state index contributed by atoms with van der Waals surface area (Å²) >= 11 is 6.40. The molecule has 1 fully saturated rings. The number of likely N-dealkylation sites (tertiary alicyclic amines) is 1. The molecule has 0 radical (unpaired) electrons. The van der Waals surface area contributed by atoms with Gasteiger partial charge in [0.25, 0.3) is 0 Å². The molecule has 0 spiro atoms. The molecule has 1 atom stereocenters. The lowest BCUT2D eigenvalue weighted by molar-refractivity contribution is 0.0858. The van der Waals surface area contributed by atoms with Gasteiger partial charge in [-0.1, -0.05) is 41.9 Å². The van der Waals surface area contributed by atoms with Gasteiger partial charge in [-0.15, -0.1) is 0 Å². The Hall–Kier alpha value is -2.54. The number of Topliss-reactive ketones (excluding diaryl/α,β-unsaturated/α-hetero) is 1. The third kappa shape index (κ3) is 4.30. The van der Waals surface area contributed by atoms with Crippen molar-refractivity contribution in [2.75, 3.05) is 25.0 Å². The summed E-state index contributed by atoms with van der Waals surface area (Å²) in [7, 11) is 3.68. The number of hydrogen-bond acceptors (Lipinski definition) is 5. The summed E-state index contributed by atoms with van der Waals surface area (Å²) in [5, 5.41) is 4.58. The maximum atomic E-state index is 12.5. The van der Waals surface area contributed by atoms with Crippen molar-refractivity contribution in [3.05, 3.63) is 46.6 Å². The van der Waals surface area contributed by atoms with E-state index in [-0.39, 0.29) is 30.2 Å². The SMILES string of the molecule is CC(=O)c1nn(C)c(N(C)[C@H]2CCCN(C(=O)OCc3ccccc3)C2)c1Cl. The molecular weight excluding hydrogens is 380 g/mol. The standard InChI is InChI=1S/C20H25ClN4O3/c1-14(26)18-17(21)19(24(3)22-18)23(2)16-10-7-11-25(12-16)20(27)28-13-15-8-5-4-6-9-15/h4-6,8-9,16H,7,10-13H2,1-3H3/t16-/m0/s1. The first-order chi connectivity index (χ1) is 13.4. The summed E-state index contributed by atoms with van der Waals surface area (Å²) < 4.78 is 7.08. The summed E-state index contributed by atoms with van der Waals surface area (Å²) in [5.74, 6) is 0.506. The van der Waals surface area contributed by atoms with Gasteiger partial charge in [-0.2, -0.15) is 5.10 Å². The number of hydrogen-bond donors (Lipinski definition) is 0. The van der Waals surface area contributed by atoms with Crippen LogP contribution in [0, 0.1) is 0 Å². The van der Waals surface area contributed by atoms with Gasteiger partial charge in [-0.3, -0.25) is 9.48 Å². The number of amides is 1. The highest BCUT2D eigenvalue weighted by Gasteiger charge is 2.30. The van der Waals surface area contributed by atoms with Crippen LogP contribution < -0.4 is 4.90 Å². The summed E-state index contributed by atoms with van der Waals surface area (Å²) in [5.41, 5.74) is 1.22. The molecule has 1 aliphatic rings. The second kappa shape index (κ2) is 8.65. The number of carbonyl (C=O) groups excluding carboxylic acids is 2. The first kappa shape index (κ1) is 20.2. The van der Waals surface area contributed by atoms with E-state index in [0.717, 1.165) is 18.4 Å². The van der Waals surface area contributed by atoms with Crippen LogP contribution in [0.3, 0.4) is 0 Å². The minimum Gasteiger partial charge on any atom is -0.445 e. The van der Waals surface area contributed by atoms with Crippen molar-refractivity contribution in [2.24, 2.45) is 7.05 Å². The van der Waals surface area contributed by atoms with Crippen LogP contribution in [0.4, 0.5) is 10.6 Å². The number of aryl methyl sites for hydroxylation is 1. The molecule has 0 saturated carbocycles. The van der Waals surface area contributed by atoms with Crippen molar-refractivity contribution in [2.45, 2.75) is 32.4 Å². The molecule has 0 N–H and O–H groups in total. The smallest absolute Gasteiger partial charge is 0.410 e. The van der Waals surface area contributed by atoms with Crippen LogP contribution in [0.2, 0.25) is 5.02 Å². The van der Waals surface area contributed by atoms with Gasteiger partial charge >= 0.3 is 6.09 Å². The first-order valence-electron chi connectivity index (χ1n) is 9.30. The molecule has 0 aliphatic carbocycles. The Morgan fingerprint density at radius 3 is 2.68 bits per heavy atom. The number of carbonyl (C=O) groups is 2. The number of benzene rings is 1. The average molecular weight is 405 g/mol. The average Bonchev–Trinajstić information content (AvgIpc) is 3.01. The maximum absolute atomic E-state index is 12.5. The van der Waals surface area contributed by atoms with Crippen LogP contribution in [0.1, 0.15) is 35.8 Å². The van der Waals surface area contributed by atoms with Crippen LogP contribution in [-0.2, 0) is 18.4 Å². The van der Waals surface area contributed by atoms with Crippen LogP contribution in [-0.4, -0.2) is 52.7 Å². The Morgan fingerprint density at radius 1 is 1.32 bits per heavy atom. The monoisotopic (exact) mass is 404 g/mol. The zero-order valence-corrected chi connectivity index (χ0v) is 17.1. The highest BCUT2D eigenvalue weighted by atomic mass is 35.5. The Morgan fingerprint density at radius 2 is 2.04 bits per heavy atom. The van der Waals surface area contributed by atoms with Gasteiger partial charge < -0.3 is 14.5 Å². The van der Waals surface area contributed by atoms with Crippen LogP contribution in [0.5, 0.6) is 0 Å². The van der Waals surface area contributed by atoms with Gasteiger partial charge in [0.2, 0.25) is 0 Å². The normalized spacial score (nSPS) is 16.7. The summed E-state index contributed by atoms with van der Waals surface area (Å²) in [6, 6.07) is 9.68. The van der Waals surface area contributed by atoms with E-state index in [1.165, 1.54) is 6.92 Å². The minimum atomic E-state index is -0.317. The summed E-state index contributed by atoms with van der Waals surface area (Å²) in [6.45, 7) is 2.89. The Balaban J connectivity index is 1.66. The second-order valence-electron chi connectivity index (χ2n) is 7.06. The molecule has 1 amide bonds. The van der Waals surface area contributed by atoms with Crippen molar-refractivity contribution in [3.63, 3.8) is 0 Å². The number of piperidine rings is 1. The van der Waals surface area contributed by atoms with E-state index in [1.54, 1.807) is 16.6 Å². The Kier molecular flexibility index (Phi) is 6.24. The number of ether oxygens (including phenoxy) is 1. The Labute approximate surface area is 169 Å². The molecule has 1 aliphatic heterocycles. The minimum absolute atomic E-state index is 0.0609. The Bertz CT molecular complexity index is 853. The quantitative estimate of drug-likeness (QED) is 0.713. The molecule has 3 rings (SSSR count). The number of halogens is 1. The fraction of sp³-hybridized carbons (Fsp3) is 0.450. The molecule has 7 nitrogen and oxygen atoms in total. The fourth-order valence-electron chi connectivity index (χ4n) is 3.52. The van der Waals surface area contributed by atoms with Gasteiger partial charge in [0, 0.05) is 40.2 Å². The third-order valence-corrected chi connectivity index (χ3v) is 5.38. The predicted molar refractivity (Wildman–Crippen MR) is 108 cm³/mol. The van der Waals surface area contributed by atoms with E-state index < -0.39 is 0 Å². The molecule has 1 aromatic carbocycles. The van der Waals surface area contributed by atoms with E-state index in [4.69, 9.17) is 16.3 Å². The van der Waals surface area contributed by atoms with Crippen molar-refractivity contribution in [1.29, 1.82) is 0 Å². The zero-order chi connectivity index (χ0) is 20.3. The number of aromatic nitrogens is 2. The number of rotatable bonds is 5. The highest BCUT2D eigenvalue weighted by molar-refractivity contribution is 6.36. The lowest BCUT2D eigenvalue weighted by Crippen LogP contribution is -2.49. The van der Waals surface area contributed by atoms with Crippen molar-refractivity contribution < 1.29 is 14.3 Å². The van der Waals surface area contributed by atoms with Crippen molar-refractivity contribution in [1.82, 2.24) is 14.7 Å². The molecule has 2 aromatic rings. The number of ketones is 1. The third-order valence-electron chi connectivity index (χ3n) is 5.04. The van der Waals surface area contributed by atoms with E-state index in [9.17, 15) is 9.59 Å². The maximum Gasteiger partial charge on any atom is 0.410 e. The fourth-order valence-corrected chi connectivity index (χ4v) is 3.94. The summed E-state index contributed by atoms with van der Waals surface area (Å²) in [6.07, 6.45) is 1.46. The van der Waals surface area contributed by atoms with Crippen LogP contribution >= 0.6 is 11.6 Å². The molecule has 1 saturated heterocycles. The van der Waals surface area contributed by atoms with Gasteiger partial charge in [0.05, 0.1) is 0 Å². The van der Waals surface area contributed by atoms with Gasteiger partial charge in [0.15, 0.2) is 5.78 Å². The highest BCUT2D eigenvalue weighted by Crippen LogP contribution is 2.31. The van der Waals surface area contributed by atoms with E-state index in [1.807, 2.05) is 42.3 Å². The largest absolute Gasteiger partial charge is 0.445 e. The second-order valence-corrected chi connectivity index (χ2v) is 7.44. The predicted octanol–water partition coefficient (Wildman–Crippen LogP) is 3.51. The molecule has 2 heterocycles. The van der Waals surface area contributed by atoms with E-state index >= 15 is 0 Å². The number of anilines is 1. The van der Waals surface area contributed by atoms with Crippen LogP contribution in [0.25, 0.3) is 0 Å².